The summed E-state index contributed by atoms with van der Waals surface area (Å²) >= 11 is 1.50. The molecule has 1 N–H and O–H groups in total. The van der Waals surface area contributed by atoms with Crippen LogP contribution in [0, 0.1) is 0 Å². The van der Waals surface area contributed by atoms with E-state index in [0.29, 0.717) is 0 Å². The van der Waals surface area contributed by atoms with Crippen LogP contribution < -0.4 is 0 Å². The van der Waals surface area contributed by atoms with Gasteiger partial charge >= 0.3 is 0 Å². The lowest BCUT2D eigenvalue weighted by Gasteiger charge is -2.39. The lowest BCUT2D eigenvalue weighted by molar-refractivity contribution is 0.0257. The highest BCUT2D eigenvalue weighted by molar-refractivity contribution is 7.12. The number of aliphatic hydroxyl groups excluding tert-OH is 1. The Hall–Kier alpha value is -1.69. The molecule has 0 spiro atoms. The molecular formula is C18H20N2O2S. The van der Waals surface area contributed by atoms with Crippen molar-refractivity contribution < 1.29 is 9.90 Å². The molecular weight excluding hydrogens is 308 g/mol. The molecule has 1 aliphatic carbocycles. The summed E-state index contributed by atoms with van der Waals surface area (Å²) in [6.07, 6.45) is 0.488. The molecule has 120 valence electrons. The number of rotatable bonds is 2. The molecule has 1 aliphatic heterocycles. The number of fused-ring (bicyclic) bond motifs is 1. The summed E-state index contributed by atoms with van der Waals surface area (Å²) in [4.78, 5) is 17.5. The molecule has 0 bridgehead atoms. The van der Waals surface area contributed by atoms with Crippen LogP contribution in [-0.2, 0) is 6.42 Å². The third kappa shape index (κ3) is 2.69. The molecule has 0 saturated carbocycles. The summed E-state index contributed by atoms with van der Waals surface area (Å²) in [5.41, 5.74) is 2.32. The summed E-state index contributed by atoms with van der Waals surface area (Å²) in [5, 5.41) is 12.5. The molecule has 1 fully saturated rings. The first kappa shape index (κ1) is 14.9. The highest BCUT2D eigenvalue weighted by Gasteiger charge is 2.36. The lowest BCUT2D eigenvalue weighted by atomic mass is 10.1. The van der Waals surface area contributed by atoms with E-state index >= 15 is 0 Å². The second-order valence-electron chi connectivity index (χ2n) is 6.22. The Morgan fingerprint density at radius 2 is 1.87 bits per heavy atom. The highest BCUT2D eigenvalue weighted by Crippen LogP contribution is 2.34. The lowest BCUT2D eigenvalue weighted by Crippen LogP contribution is -2.52. The Morgan fingerprint density at radius 1 is 1.09 bits per heavy atom. The Kier molecular flexibility index (Phi) is 3.93. The fourth-order valence-electron chi connectivity index (χ4n) is 3.69. The van der Waals surface area contributed by atoms with Crippen LogP contribution in [0.3, 0.4) is 0 Å². The molecule has 0 radical (unpaired) electrons. The van der Waals surface area contributed by atoms with Gasteiger partial charge in [-0.1, -0.05) is 30.3 Å². The van der Waals surface area contributed by atoms with Gasteiger partial charge in [-0.3, -0.25) is 9.69 Å². The first-order chi connectivity index (χ1) is 11.2. The fourth-order valence-corrected chi connectivity index (χ4v) is 4.39. The second-order valence-corrected chi connectivity index (χ2v) is 7.17. The Morgan fingerprint density at radius 3 is 2.57 bits per heavy atom. The molecule has 4 rings (SSSR count). The van der Waals surface area contributed by atoms with Gasteiger partial charge in [-0.25, -0.2) is 0 Å². The number of carbonyl (C=O) groups is 1. The van der Waals surface area contributed by atoms with E-state index in [-0.39, 0.29) is 11.9 Å². The second kappa shape index (κ2) is 6.07. The van der Waals surface area contributed by atoms with Gasteiger partial charge in [0.25, 0.3) is 5.91 Å². The van der Waals surface area contributed by atoms with Crippen molar-refractivity contribution in [1.82, 2.24) is 9.80 Å². The van der Waals surface area contributed by atoms with Crippen LogP contribution in [-0.4, -0.2) is 53.0 Å². The fraction of sp³-hybridized carbons (Fsp3) is 0.389. The van der Waals surface area contributed by atoms with Crippen LogP contribution in [0.25, 0.3) is 0 Å². The summed E-state index contributed by atoms with van der Waals surface area (Å²) in [5.74, 6) is 0.134. The van der Waals surface area contributed by atoms with Gasteiger partial charge in [0.15, 0.2) is 0 Å². The quantitative estimate of drug-likeness (QED) is 0.919. The smallest absolute Gasteiger partial charge is 0.264 e. The van der Waals surface area contributed by atoms with E-state index in [9.17, 15) is 9.90 Å². The van der Waals surface area contributed by atoms with Crippen molar-refractivity contribution in [1.29, 1.82) is 0 Å². The molecule has 4 nitrogen and oxygen atoms in total. The standard InChI is InChI=1S/C18H20N2O2S/c21-17-14-5-2-1-4-13(14)12-15(17)19-7-9-20(10-8-19)18(22)16-6-3-11-23-16/h1-6,11,15,17,21H,7-10,12H2. The predicted molar refractivity (Wildman–Crippen MR) is 90.7 cm³/mol. The average molecular weight is 328 g/mol. The van der Waals surface area contributed by atoms with Crippen molar-refractivity contribution in [2.24, 2.45) is 0 Å². The molecule has 2 aromatic rings. The monoisotopic (exact) mass is 328 g/mol. The van der Waals surface area contributed by atoms with E-state index < -0.39 is 6.10 Å². The third-order valence-corrected chi connectivity index (χ3v) is 5.83. The SMILES string of the molecule is O=C(c1cccs1)N1CCN(C2Cc3ccccc3C2O)CC1. The van der Waals surface area contributed by atoms with Crippen molar-refractivity contribution in [3.05, 3.63) is 57.8 Å². The van der Waals surface area contributed by atoms with Gasteiger partial charge in [0.05, 0.1) is 11.0 Å². The molecule has 2 heterocycles. The Bertz CT molecular complexity index is 693. The van der Waals surface area contributed by atoms with Crippen LogP contribution in [0.5, 0.6) is 0 Å². The minimum Gasteiger partial charge on any atom is -0.387 e. The minimum absolute atomic E-state index is 0.134. The number of hydrogen-bond acceptors (Lipinski definition) is 4. The zero-order valence-electron chi connectivity index (χ0n) is 12.9. The maximum atomic E-state index is 12.4. The zero-order chi connectivity index (χ0) is 15.8. The zero-order valence-corrected chi connectivity index (χ0v) is 13.7. The van der Waals surface area contributed by atoms with Crippen LogP contribution >= 0.6 is 11.3 Å². The van der Waals surface area contributed by atoms with Crippen molar-refractivity contribution >= 4 is 17.2 Å². The maximum absolute atomic E-state index is 12.4. The minimum atomic E-state index is -0.411. The Balaban J connectivity index is 1.40. The van der Waals surface area contributed by atoms with Crippen LogP contribution in [0.4, 0.5) is 0 Å². The number of hydrogen-bond donors (Lipinski definition) is 1. The first-order valence-corrected chi connectivity index (χ1v) is 8.95. The molecule has 1 amide bonds. The van der Waals surface area contributed by atoms with Crippen LogP contribution in [0.1, 0.15) is 26.9 Å². The molecule has 5 heteroatoms. The molecule has 1 aromatic heterocycles. The molecule has 2 aliphatic rings. The van der Waals surface area contributed by atoms with E-state index in [1.54, 1.807) is 0 Å². The first-order valence-electron chi connectivity index (χ1n) is 8.07. The molecule has 23 heavy (non-hydrogen) atoms. The number of amides is 1. The van der Waals surface area contributed by atoms with Crippen molar-refractivity contribution in [3.8, 4) is 0 Å². The largest absolute Gasteiger partial charge is 0.387 e. The van der Waals surface area contributed by atoms with E-state index in [2.05, 4.69) is 11.0 Å². The summed E-state index contributed by atoms with van der Waals surface area (Å²) in [6.45, 7) is 3.12. The van der Waals surface area contributed by atoms with E-state index in [0.717, 1.165) is 43.0 Å². The van der Waals surface area contributed by atoms with Gasteiger partial charge in [-0.05, 0) is 29.0 Å². The van der Waals surface area contributed by atoms with Crippen LogP contribution in [0.15, 0.2) is 41.8 Å². The van der Waals surface area contributed by atoms with E-state index in [1.807, 2.05) is 40.6 Å². The van der Waals surface area contributed by atoms with Gasteiger partial charge in [0, 0.05) is 32.2 Å². The molecule has 2 unspecified atom stereocenters. The van der Waals surface area contributed by atoms with E-state index in [4.69, 9.17) is 0 Å². The van der Waals surface area contributed by atoms with Gasteiger partial charge in [-0.2, -0.15) is 0 Å². The van der Waals surface area contributed by atoms with Gasteiger partial charge in [0.1, 0.15) is 0 Å². The number of carbonyl (C=O) groups excluding carboxylic acids is 1. The molecule has 1 aromatic carbocycles. The number of benzene rings is 1. The highest BCUT2D eigenvalue weighted by atomic mass is 32.1. The summed E-state index contributed by atoms with van der Waals surface area (Å²) < 4.78 is 0. The maximum Gasteiger partial charge on any atom is 0.264 e. The number of aliphatic hydroxyl groups is 1. The van der Waals surface area contributed by atoms with Gasteiger partial charge in [0.2, 0.25) is 0 Å². The predicted octanol–water partition coefficient (Wildman–Crippen LogP) is 2.16. The van der Waals surface area contributed by atoms with Crippen molar-refractivity contribution in [2.45, 2.75) is 18.6 Å². The molecule has 2 atom stereocenters. The normalized spacial score (nSPS) is 24.7. The summed E-state index contributed by atoms with van der Waals surface area (Å²) in [6, 6.07) is 12.1. The van der Waals surface area contributed by atoms with Crippen molar-refractivity contribution in [3.63, 3.8) is 0 Å². The number of nitrogens with zero attached hydrogens (tertiary/aromatic N) is 2. The summed E-state index contributed by atoms with van der Waals surface area (Å²) in [7, 11) is 0. The van der Waals surface area contributed by atoms with E-state index in [1.165, 1.54) is 16.9 Å². The number of thiophene rings is 1. The van der Waals surface area contributed by atoms with Gasteiger partial charge in [-0.15, -0.1) is 11.3 Å². The van der Waals surface area contributed by atoms with Crippen LogP contribution in [0.2, 0.25) is 0 Å². The average Bonchev–Trinajstić information content (AvgIpc) is 3.23. The topological polar surface area (TPSA) is 43.8 Å². The van der Waals surface area contributed by atoms with Gasteiger partial charge < -0.3 is 10.0 Å². The number of piperazine rings is 1. The third-order valence-electron chi connectivity index (χ3n) is 4.97. The molecule has 1 saturated heterocycles. The Labute approximate surface area is 140 Å². The van der Waals surface area contributed by atoms with Crippen molar-refractivity contribution in [2.75, 3.05) is 26.2 Å².